The fourth-order valence-electron chi connectivity index (χ4n) is 2.52. The number of esters is 1. The summed E-state index contributed by atoms with van der Waals surface area (Å²) in [6, 6.07) is 8.82. The lowest BCUT2D eigenvalue weighted by molar-refractivity contribution is -0.143. The Morgan fingerprint density at radius 2 is 2.00 bits per heavy atom. The van der Waals surface area contributed by atoms with Crippen LogP contribution in [0.1, 0.15) is 18.5 Å². The number of aryl methyl sites for hydroxylation is 1. The molecule has 0 unspecified atom stereocenters. The molecule has 0 radical (unpaired) electrons. The van der Waals surface area contributed by atoms with Crippen molar-refractivity contribution in [3.63, 3.8) is 0 Å². The number of rotatable bonds is 5. The molecule has 2 aromatic heterocycles. The maximum absolute atomic E-state index is 12.4. The second kappa shape index (κ2) is 6.43. The molecule has 0 aliphatic rings. The van der Waals surface area contributed by atoms with Crippen LogP contribution in [0.25, 0.3) is 11.6 Å². The highest BCUT2D eigenvalue weighted by Gasteiger charge is 2.27. The van der Waals surface area contributed by atoms with E-state index in [1.165, 1.54) is 13.4 Å². The first kappa shape index (κ1) is 15.0. The Labute approximate surface area is 133 Å². The van der Waals surface area contributed by atoms with Gasteiger partial charge in [-0.1, -0.05) is 30.3 Å². The van der Waals surface area contributed by atoms with E-state index in [0.717, 1.165) is 5.56 Å². The molecule has 7 nitrogen and oxygen atoms in total. The van der Waals surface area contributed by atoms with Crippen LogP contribution in [0.2, 0.25) is 0 Å². The highest BCUT2D eigenvalue weighted by Crippen LogP contribution is 2.25. The predicted octanol–water partition coefficient (Wildman–Crippen LogP) is 1.92. The third kappa shape index (κ3) is 2.73. The van der Waals surface area contributed by atoms with Crippen LogP contribution in [0.3, 0.4) is 0 Å². The molecule has 118 valence electrons. The van der Waals surface area contributed by atoms with Crippen LogP contribution >= 0.6 is 0 Å². The van der Waals surface area contributed by atoms with Crippen LogP contribution in [0.4, 0.5) is 0 Å². The van der Waals surface area contributed by atoms with Gasteiger partial charge in [0.05, 0.1) is 7.11 Å². The number of carbonyl (C=O) groups is 1. The third-order valence-electron chi connectivity index (χ3n) is 3.60. The first-order valence-electron chi connectivity index (χ1n) is 7.30. The van der Waals surface area contributed by atoms with Crippen LogP contribution in [0, 0.1) is 0 Å². The van der Waals surface area contributed by atoms with E-state index >= 15 is 0 Å². The Kier molecular flexibility index (Phi) is 4.18. The van der Waals surface area contributed by atoms with Gasteiger partial charge in [0, 0.05) is 18.9 Å². The van der Waals surface area contributed by atoms with Crippen LogP contribution in [-0.4, -0.2) is 37.4 Å². The Balaban J connectivity index is 2.12. The van der Waals surface area contributed by atoms with Gasteiger partial charge in [0.15, 0.2) is 17.7 Å². The van der Waals surface area contributed by atoms with E-state index in [0.29, 0.717) is 18.2 Å². The van der Waals surface area contributed by atoms with Crippen LogP contribution in [-0.2, 0) is 16.1 Å². The zero-order valence-electron chi connectivity index (χ0n) is 13.0. The second-order valence-electron chi connectivity index (χ2n) is 4.89. The van der Waals surface area contributed by atoms with Crippen molar-refractivity contribution in [2.24, 2.45) is 0 Å². The normalized spacial score (nSPS) is 12.1. The van der Waals surface area contributed by atoms with Crippen LogP contribution in [0.15, 0.2) is 49.1 Å². The summed E-state index contributed by atoms with van der Waals surface area (Å²) in [7, 11) is 1.38. The van der Waals surface area contributed by atoms with Crippen LogP contribution in [0.5, 0.6) is 0 Å². The van der Waals surface area contributed by atoms with Crippen molar-refractivity contribution in [3.8, 4) is 11.6 Å². The Hall–Kier alpha value is -2.96. The van der Waals surface area contributed by atoms with Gasteiger partial charge in [0.1, 0.15) is 6.33 Å². The molecule has 7 heteroatoms. The lowest BCUT2D eigenvalue weighted by Gasteiger charge is -2.18. The molecule has 2 heterocycles. The summed E-state index contributed by atoms with van der Waals surface area (Å²) >= 11 is 0. The summed E-state index contributed by atoms with van der Waals surface area (Å²) in [5.41, 5.74) is 0.821. The smallest absolute Gasteiger partial charge is 0.333 e. The van der Waals surface area contributed by atoms with Crippen LogP contribution < -0.4 is 0 Å². The van der Waals surface area contributed by atoms with Gasteiger partial charge in [0.2, 0.25) is 0 Å². The summed E-state index contributed by atoms with van der Waals surface area (Å²) in [4.78, 5) is 21.0. The van der Waals surface area contributed by atoms with Gasteiger partial charge < -0.3 is 9.30 Å². The van der Waals surface area contributed by atoms with Crippen molar-refractivity contribution in [2.45, 2.75) is 19.5 Å². The molecular weight excluding hydrogens is 294 g/mol. The fourth-order valence-corrected chi connectivity index (χ4v) is 2.52. The zero-order chi connectivity index (χ0) is 16.2. The largest absolute Gasteiger partial charge is 0.467 e. The average molecular weight is 311 g/mol. The van der Waals surface area contributed by atoms with E-state index in [2.05, 4.69) is 15.1 Å². The Morgan fingerprint density at radius 1 is 1.22 bits per heavy atom. The fraction of sp³-hybridized carbons (Fsp3) is 0.250. The molecule has 0 saturated heterocycles. The SMILES string of the molecule is CCn1ncnc1-c1nccn1[C@H](C(=O)OC)c1ccccc1. The lowest BCUT2D eigenvalue weighted by Crippen LogP contribution is -2.23. The van der Waals surface area contributed by atoms with Crippen molar-refractivity contribution < 1.29 is 9.53 Å². The summed E-state index contributed by atoms with van der Waals surface area (Å²) < 4.78 is 8.48. The van der Waals surface area contributed by atoms with Gasteiger partial charge in [-0.2, -0.15) is 5.10 Å². The van der Waals surface area contributed by atoms with Gasteiger partial charge in [-0.15, -0.1) is 0 Å². The first-order valence-corrected chi connectivity index (χ1v) is 7.30. The minimum Gasteiger partial charge on any atom is -0.467 e. The van der Waals surface area contributed by atoms with Crippen molar-refractivity contribution in [2.75, 3.05) is 7.11 Å². The number of hydrogen-bond acceptors (Lipinski definition) is 5. The molecule has 0 aliphatic heterocycles. The second-order valence-corrected chi connectivity index (χ2v) is 4.89. The molecular formula is C16H17N5O2. The minimum absolute atomic E-state index is 0.363. The standard InChI is InChI=1S/C16H17N5O2/c1-3-21-15(18-11-19-21)14-17-9-10-20(14)13(16(22)23-2)12-7-5-4-6-8-12/h4-11,13H,3H2,1-2H3/t13-/m0/s1. The highest BCUT2D eigenvalue weighted by molar-refractivity contribution is 5.78. The van der Waals surface area contributed by atoms with Crippen molar-refractivity contribution >= 4 is 5.97 Å². The first-order chi connectivity index (χ1) is 11.3. The Bertz CT molecular complexity index is 794. The van der Waals surface area contributed by atoms with E-state index in [9.17, 15) is 4.79 Å². The molecule has 0 fully saturated rings. The number of ether oxygens (including phenoxy) is 1. The highest BCUT2D eigenvalue weighted by atomic mass is 16.5. The molecule has 23 heavy (non-hydrogen) atoms. The predicted molar refractivity (Wildman–Crippen MR) is 83.5 cm³/mol. The van der Waals surface area contributed by atoms with Crippen molar-refractivity contribution in [3.05, 3.63) is 54.6 Å². The van der Waals surface area contributed by atoms with Gasteiger partial charge in [-0.25, -0.2) is 19.4 Å². The summed E-state index contributed by atoms with van der Waals surface area (Å²) in [5, 5.41) is 4.16. The molecule has 0 spiro atoms. The third-order valence-corrected chi connectivity index (χ3v) is 3.60. The van der Waals surface area contributed by atoms with Gasteiger partial charge in [-0.3, -0.25) is 0 Å². The molecule has 0 saturated carbocycles. The van der Waals surface area contributed by atoms with E-state index in [-0.39, 0.29) is 5.97 Å². The molecule has 0 bridgehead atoms. The molecule has 0 aliphatic carbocycles. The number of imidazole rings is 1. The molecule has 0 amide bonds. The number of methoxy groups -OCH3 is 1. The zero-order valence-corrected chi connectivity index (χ0v) is 13.0. The molecule has 0 N–H and O–H groups in total. The van der Waals surface area contributed by atoms with Crippen molar-refractivity contribution in [1.29, 1.82) is 0 Å². The maximum atomic E-state index is 12.4. The van der Waals surface area contributed by atoms with E-state index in [1.54, 1.807) is 21.6 Å². The molecule has 1 aromatic carbocycles. The number of carbonyl (C=O) groups excluding carboxylic acids is 1. The van der Waals surface area contributed by atoms with E-state index in [4.69, 9.17) is 4.74 Å². The van der Waals surface area contributed by atoms with Gasteiger partial charge in [-0.05, 0) is 12.5 Å². The topological polar surface area (TPSA) is 74.8 Å². The quantitative estimate of drug-likeness (QED) is 0.673. The molecule has 3 aromatic rings. The number of hydrogen-bond donors (Lipinski definition) is 0. The van der Waals surface area contributed by atoms with E-state index in [1.807, 2.05) is 37.3 Å². The monoisotopic (exact) mass is 311 g/mol. The van der Waals surface area contributed by atoms with Crippen molar-refractivity contribution in [1.82, 2.24) is 24.3 Å². The minimum atomic E-state index is -0.624. The van der Waals surface area contributed by atoms with Gasteiger partial charge >= 0.3 is 5.97 Å². The van der Waals surface area contributed by atoms with Gasteiger partial charge in [0.25, 0.3) is 0 Å². The number of aromatic nitrogens is 5. The molecule has 3 rings (SSSR count). The van der Waals surface area contributed by atoms with E-state index < -0.39 is 6.04 Å². The maximum Gasteiger partial charge on any atom is 0.333 e. The lowest BCUT2D eigenvalue weighted by atomic mass is 10.1. The Morgan fingerprint density at radius 3 is 2.70 bits per heavy atom. The summed E-state index contributed by atoms with van der Waals surface area (Å²) in [6.07, 6.45) is 4.87. The number of benzene rings is 1. The average Bonchev–Trinajstić information content (AvgIpc) is 3.24. The summed E-state index contributed by atoms with van der Waals surface area (Å²) in [5.74, 6) is 0.823. The number of nitrogens with zero attached hydrogens (tertiary/aromatic N) is 5. The molecule has 1 atom stereocenters. The summed E-state index contributed by atoms with van der Waals surface area (Å²) in [6.45, 7) is 2.64.